The Hall–Kier alpha value is -2.07. The van der Waals surface area contributed by atoms with Crippen molar-refractivity contribution in [3.8, 4) is 11.3 Å². The largest absolute Gasteiger partial charge is 0.481 e. The second kappa shape index (κ2) is 5.92. The van der Waals surface area contributed by atoms with E-state index in [1.54, 1.807) is 28.8 Å². The van der Waals surface area contributed by atoms with Gasteiger partial charge in [0.25, 0.3) is 5.56 Å². The summed E-state index contributed by atoms with van der Waals surface area (Å²) >= 11 is 5.85. The molecule has 0 atom stereocenters. The lowest BCUT2D eigenvalue weighted by molar-refractivity contribution is -0.136. The molecule has 0 fully saturated rings. The highest BCUT2D eigenvalue weighted by Crippen LogP contribution is 2.21. The quantitative estimate of drug-likeness (QED) is 0.942. The fourth-order valence-corrected chi connectivity index (χ4v) is 2.23. The average Bonchev–Trinajstić information content (AvgIpc) is 2.41. The van der Waals surface area contributed by atoms with E-state index in [1.165, 1.54) is 0 Å². The molecule has 0 aliphatic carbocycles. The molecule has 1 aromatic heterocycles. The van der Waals surface area contributed by atoms with Crippen molar-refractivity contribution in [3.05, 3.63) is 57.3 Å². The molecule has 0 saturated heterocycles. The Balaban J connectivity index is 2.55. The molecule has 0 aliphatic heterocycles. The third-order valence-corrected chi connectivity index (χ3v) is 3.30. The molecule has 1 aromatic carbocycles. The van der Waals surface area contributed by atoms with Gasteiger partial charge in [0.2, 0.25) is 0 Å². The molecule has 104 valence electrons. The van der Waals surface area contributed by atoms with Crippen molar-refractivity contribution in [2.45, 2.75) is 19.9 Å². The SMILES string of the molecule is CCn1c(-c2ccc(Cl)cc2)ccc(CC(=O)O)c1=O. The molecule has 4 nitrogen and oxygen atoms in total. The van der Waals surface area contributed by atoms with E-state index in [4.69, 9.17) is 16.7 Å². The van der Waals surface area contributed by atoms with Gasteiger partial charge < -0.3 is 9.67 Å². The maximum absolute atomic E-state index is 12.3. The molecule has 0 radical (unpaired) electrons. The third kappa shape index (κ3) is 2.91. The minimum absolute atomic E-state index is 0.262. The summed E-state index contributed by atoms with van der Waals surface area (Å²) in [7, 11) is 0. The molecule has 0 aliphatic rings. The Morgan fingerprint density at radius 3 is 2.40 bits per heavy atom. The fourth-order valence-electron chi connectivity index (χ4n) is 2.11. The van der Waals surface area contributed by atoms with Crippen LogP contribution in [0.3, 0.4) is 0 Å². The Morgan fingerprint density at radius 1 is 1.20 bits per heavy atom. The van der Waals surface area contributed by atoms with Crippen LogP contribution in [0.1, 0.15) is 12.5 Å². The average molecular weight is 292 g/mol. The molecule has 0 unspecified atom stereocenters. The molecule has 1 N–H and O–H groups in total. The van der Waals surface area contributed by atoms with Crippen LogP contribution in [0.25, 0.3) is 11.3 Å². The number of halogens is 1. The van der Waals surface area contributed by atoms with Crippen LogP contribution in [0.2, 0.25) is 5.02 Å². The predicted octanol–water partition coefficient (Wildman–Crippen LogP) is 2.82. The number of benzene rings is 1. The smallest absolute Gasteiger partial charge is 0.308 e. The van der Waals surface area contributed by atoms with Crippen LogP contribution >= 0.6 is 11.6 Å². The van der Waals surface area contributed by atoms with Crippen LogP contribution < -0.4 is 5.56 Å². The van der Waals surface area contributed by atoms with E-state index in [9.17, 15) is 9.59 Å². The summed E-state index contributed by atoms with van der Waals surface area (Å²) in [5, 5.41) is 9.44. The van der Waals surface area contributed by atoms with Gasteiger partial charge in [-0.2, -0.15) is 0 Å². The number of nitrogens with zero attached hydrogens (tertiary/aromatic N) is 1. The van der Waals surface area contributed by atoms with Gasteiger partial charge in [-0.05, 0) is 30.7 Å². The maximum atomic E-state index is 12.3. The van der Waals surface area contributed by atoms with Gasteiger partial charge >= 0.3 is 5.97 Å². The molecular formula is C15H14ClNO3. The lowest BCUT2D eigenvalue weighted by Gasteiger charge is -2.12. The summed E-state index contributed by atoms with van der Waals surface area (Å²) in [5.41, 5.74) is 1.65. The van der Waals surface area contributed by atoms with Crippen LogP contribution in [0, 0.1) is 0 Å². The van der Waals surface area contributed by atoms with Gasteiger partial charge in [-0.3, -0.25) is 9.59 Å². The minimum Gasteiger partial charge on any atom is -0.481 e. The predicted molar refractivity (Wildman–Crippen MR) is 78.2 cm³/mol. The number of pyridine rings is 1. The Bertz CT molecular complexity index is 689. The number of hydrogen-bond donors (Lipinski definition) is 1. The van der Waals surface area contributed by atoms with Gasteiger partial charge in [0, 0.05) is 17.1 Å². The highest BCUT2D eigenvalue weighted by molar-refractivity contribution is 6.30. The van der Waals surface area contributed by atoms with Crippen LogP contribution in [-0.2, 0) is 17.8 Å². The zero-order valence-corrected chi connectivity index (χ0v) is 11.7. The van der Waals surface area contributed by atoms with E-state index >= 15 is 0 Å². The molecular weight excluding hydrogens is 278 g/mol. The molecule has 2 aromatic rings. The van der Waals surface area contributed by atoms with Gasteiger partial charge in [0.1, 0.15) is 0 Å². The van der Waals surface area contributed by atoms with Crippen molar-refractivity contribution in [1.29, 1.82) is 0 Å². The van der Waals surface area contributed by atoms with Crippen LogP contribution in [0.4, 0.5) is 0 Å². The lowest BCUT2D eigenvalue weighted by atomic mass is 10.1. The van der Waals surface area contributed by atoms with Crippen molar-refractivity contribution in [2.75, 3.05) is 0 Å². The first-order valence-electron chi connectivity index (χ1n) is 6.23. The molecule has 5 heteroatoms. The molecule has 0 spiro atoms. The van der Waals surface area contributed by atoms with Crippen molar-refractivity contribution >= 4 is 17.6 Å². The lowest BCUT2D eigenvalue weighted by Crippen LogP contribution is -2.25. The number of carboxylic acid groups (broad SMARTS) is 1. The molecule has 20 heavy (non-hydrogen) atoms. The summed E-state index contributed by atoms with van der Waals surface area (Å²) in [6, 6.07) is 10.5. The number of aromatic nitrogens is 1. The topological polar surface area (TPSA) is 59.3 Å². The van der Waals surface area contributed by atoms with Crippen LogP contribution in [0.5, 0.6) is 0 Å². The third-order valence-electron chi connectivity index (χ3n) is 3.05. The van der Waals surface area contributed by atoms with E-state index in [1.807, 2.05) is 19.1 Å². The van der Waals surface area contributed by atoms with Gasteiger partial charge in [0.05, 0.1) is 12.1 Å². The van der Waals surface area contributed by atoms with Crippen LogP contribution in [-0.4, -0.2) is 15.6 Å². The highest BCUT2D eigenvalue weighted by atomic mass is 35.5. The van der Waals surface area contributed by atoms with Gasteiger partial charge in [-0.1, -0.05) is 29.8 Å². The fraction of sp³-hybridized carbons (Fsp3) is 0.200. The van der Waals surface area contributed by atoms with Crippen molar-refractivity contribution < 1.29 is 9.90 Å². The van der Waals surface area contributed by atoms with E-state index < -0.39 is 5.97 Å². The minimum atomic E-state index is -1.01. The summed E-state index contributed by atoms with van der Waals surface area (Å²) in [4.78, 5) is 23.0. The number of rotatable bonds is 4. The molecule has 1 heterocycles. The zero-order valence-electron chi connectivity index (χ0n) is 11.0. The Kier molecular flexibility index (Phi) is 4.25. The Labute approximate surface area is 121 Å². The molecule has 0 saturated carbocycles. The first-order chi connectivity index (χ1) is 9.52. The van der Waals surface area contributed by atoms with E-state index in [2.05, 4.69) is 0 Å². The zero-order chi connectivity index (χ0) is 14.7. The summed E-state index contributed by atoms with van der Waals surface area (Å²) in [5.74, 6) is -1.01. The summed E-state index contributed by atoms with van der Waals surface area (Å²) in [6.07, 6.45) is -0.264. The second-order valence-electron chi connectivity index (χ2n) is 4.37. The first-order valence-corrected chi connectivity index (χ1v) is 6.61. The summed E-state index contributed by atoms with van der Waals surface area (Å²) in [6.45, 7) is 2.33. The monoisotopic (exact) mass is 291 g/mol. The maximum Gasteiger partial charge on any atom is 0.308 e. The van der Waals surface area contributed by atoms with Crippen molar-refractivity contribution in [3.63, 3.8) is 0 Å². The standard InChI is InChI=1S/C15H14ClNO3/c1-2-17-13(10-3-6-12(16)7-4-10)8-5-11(15(17)20)9-14(18)19/h3-8H,2,9H2,1H3,(H,18,19). The molecule has 2 rings (SSSR count). The van der Waals surface area contributed by atoms with Crippen LogP contribution in [0.15, 0.2) is 41.2 Å². The van der Waals surface area contributed by atoms with E-state index in [-0.39, 0.29) is 17.5 Å². The number of hydrogen-bond acceptors (Lipinski definition) is 2. The number of carbonyl (C=O) groups is 1. The van der Waals surface area contributed by atoms with Crippen molar-refractivity contribution in [2.24, 2.45) is 0 Å². The molecule has 0 bridgehead atoms. The second-order valence-corrected chi connectivity index (χ2v) is 4.81. The first kappa shape index (κ1) is 14.3. The van der Waals surface area contributed by atoms with Gasteiger partial charge in [-0.25, -0.2) is 0 Å². The highest BCUT2D eigenvalue weighted by Gasteiger charge is 2.11. The van der Waals surface area contributed by atoms with Gasteiger partial charge in [0.15, 0.2) is 0 Å². The van der Waals surface area contributed by atoms with E-state index in [0.717, 1.165) is 11.3 Å². The number of carboxylic acids is 1. The van der Waals surface area contributed by atoms with Crippen molar-refractivity contribution in [1.82, 2.24) is 4.57 Å². The normalized spacial score (nSPS) is 10.5. The summed E-state index contributed by atoms with van der Waals surface area (Å²) < 4.78 is 1.57. The number of aliphatic carboxylic acids is 1. The Morgan fingerprint density at radius 2 is 1.85 bits per heavy atom. The van der Waals surface area contributed by atoms with E-state index in [0.29, 0.717) is 11.6 Å². The molecule has 0 amide bonds. The van der Waals surface area contributed by atoms with Gasteiger partial charge in [-0.15, -0.1) is 0 Å².